The van der Waals surface area contributed by atoms with Crippen LogP contribution in [0.3, 0.4) is 0 Å². The third kappa shape index (κ3) is 4.91. The zero-order chi connectivity index (χ0) is 17.7. The second kappa shape index (κ2) is 7.59. The standard InChI is InChI=1S/C18H22N2O3S/c1-13(2)20-24(22,23)17-9-7-16(8-10-17)18(21)19-12-15-6-4-5-14(3)11-15/h4-11,13,20H,12H2,1-3H3,(H,19,21). The molecular formula is C18H22N2O3S. The van der Waals surface area contributed by atoms with Crippen molar-refractivity contribution in [3.63, 3.8) is 0 Å². The fourth-order valence-corrected chi connectivity index (χ4v) is 3.52. The van der Waals surface area contributed by atoms with Gasteiger partial charge in [-0.15, -0.1) is 0 Å². The predicted molar refractivity (Wildman–Crippen MR) is 94.2 cm³/mol. The van der Waals surface area contributed by atoms with E-state index < -0.39 is 10.0 Å². The number of hydrogen-bond donors (Lipinski definition) is 2. The van der Waals surface area contributed by atoms with Crippen molar-refractivity contribution in [2.75, 3.05) is 0 Å². The third-order valence-electron chi connectivity index (χ3n) is 3.35. The van der Waals surface area contributed by atoms with Crippen molar-refractivity contribution in [2.24, 2.45) is 0 Å². The van der Waals surface area contributed by atoms with Gasteiger partial charge in [0, 0.05) is 18.2 Å². The number of rotatable bonds is 6. The van der Waals surface area contributed by atoms with Gasteiger partial charge in [-0.3, -0.25) is 4.79 Å². The molecule has 0 saturated heterocycles. The van der Waals surface area contributed by atoms with Gasteiger partial charge in [0.25, 0.3) is 5.91 Å². The highest BCUT2D eigenvalue weighted by Crippen LogP contribution is 2.11. The van der Waals surface area contributed by atoms with Crippen LogP contribution in [0.1, 0.15) is 35.3 Å². The summed E-state index contributed by atoms with van der Waals surface area (Å²) in [5.41, 5.74) is 2.57. The lowest BCUT2D eigenvalue weighted by molar-refractivity contribution is 0.0951. The van der Waals surface area contributed by atoms with E-state index in [2.05, 4.69) is 10.0 Å². The molecule has 0 aliphatic rings. The maximum absolute atomic E-state index is 12.2. The Morgan fingerprint density at radius 3 is 2.33 bits per heavy atom. The first kappa shape index (κ1) is 18.2. The molecule has 6 heteroatoms. The molecule has 0 bridgehead atoms. The number of benzene rings is 2. The number of carbonyl (C=O) groups is 1. The van der Waals surface area contributed by atoms with Crippen LogP contribution in [-0.4, -0.2) is 20.4 Å². The minimum absolute atomic E-state index is 0.145. The van der Waals surface area contributed by atoms with Crippen molar-refractivity contribution in [1.82, 2.24) is 10.0 Å². The molecule has 0 unspecified atom stereocenters. The normalized spacial score (nSPS) is 11.5. The van der Waals surface area contributed by atoms with E-state index in [1.165, 1.54) is 24.3 Å². The van der Waals surface area contributed by atoms with E-state index >= 15 is 0 Å². The topological polar surface area (TPSA) is 75.3 Å². The molecule has 2 rings (SSSR count). The lowest BCUT2D eigenvalue weighted by atomic mass is 10.1. The fraction of sp³-hybridized carbons (Fsp3) is 0.278. The van der Waals surface area contributed by atoms with Crippen LogP contribution >= 0.6 is 0 Å². The number of hydrogen-bond acceptors (Lipinski definition) is 3. The molecule has 1 amide bonds. The average Bonchev–Trinajstić information content (AvgIpc) is 2.51. The predicted octanol–water partition coefficient (Wildman–Crippen LogP) is 2.61. The zero-order valence-electron chi connectivity index (χ0n) is 14.0. The number of sulfonamides is 1. The van der Waals surface area contributed by atoms with Gasteiger partial charge in [-0.2, -0.15) is 0 Å². The van der Waals surface area contributed by atoms with Crippen molar-refractivity contribution < 1.29 is 13.2 Å². The molecule has 0 heterocycles. The van der Waals surface area contributed by atoms with E-state index in [-0.39, 0.29) is 16.8 Å². The summed E-state index contributed by atoms with van der Waals surface area (Å²) in [6, 6.07) is 13.6. The van der Waals surface area contributed by atoms with E-state index in [0.29, 0.717) is 12.1 Å². The van der Waals surface area contributed by atoms with Crippen LogP contribution in [0.4, 0.5) is 0 Å². The highest BCUT2D eigenvalue weighted by molar-refractivity contribution is 7.89. The molecule has 0 radical (unpaired) electrons. The average molecular weight is 346 g/mol. The SMILES string of the molecule is Cc1cccc(CNC(=O)c2ccc(S(=O)(=O)NC(C)C)cc2)c1. The van der Waals surface area contributed by atoms with E-state index in [4.69, 9.17) is 0 Å². The Morgan fingerprint density at radius 1 is 1.08 bits per heavy atom. The Bertz CT molecular complexity index is 812. The Labute approximate surface area is 143 Å². The van der Waals surface area contributed by atoms with Crippen molar-refractivity contribution in [2.45, 2.75) is 38.3 Å². The number of aryl methyl sites for hydroxylation is 1. The molecule has 0 fully saturated rings. The highest BCUT2D eigenvalue weighted by Gasteiger charge is 2.15. The molecule has 5 nitrogen and oxygen atoms in total. The summed E-state index contributed by atoms with van der Waals surface area (Å²) >= 11 is 0. The fourth-order valence-electron chi connectivity index (χ4n) is 2.27. The lowest BCUT2D eigenvalue weighted by Crippen LogP contribution is -2.30. The molecule has 2 aromatic rings. The van der Waals surface area contributed by atoms with Gasteiger partial charge in [0.05, 0.1) is 4.90 Å². The molecule has 0 aromatic heterocycles. The van der Waals surface area contributed by atoms with Crippen LogP contribution in [0, 0.1) is 6.92 Å². The summed E-state index contributed by atoms with van der Waals surface area (Å²) in [7, 11) is -3.54. The van der Waals surface area contributed by atoms with E-state index in [1.54, 1.807) is 13.8 Å². The molecule has 0 atom stereocenters. The van der Waals surface area contributed by atoms with Crippen molar-refractivity contribution in [3.05, 3.63) is 65.2 Å². The van der Waals surface area contributed by atoms with Gasteiger partial charge in [0.2, 0.25) is 10.0 Å². The van der Waals surface area contributed by atoms with Crippen LogP contribution in [0.2, 0.25) is 0 Å². The van der Waals surface area contributed by atoms with E-state index in [1.807, 2.05) is 31.2 Å². The number of nitrogens with one attached hydrogen (secondary N) is 2. The van der Waals surface area contributed by atoms with Gasteiger partial charge in [0.1, 0.15) is 0 Å². The molecule has 0 spiro atoms. The Hall–Kier alpha value is -2.18. The monoisotopic (exact) mass is 346 g/mol. The molecule has 0 aliphatic heterocycles. The van der Waals surface area contributed by atoms with Gasteiger partial charge in [-0.1, -0.05) is 29.8 Å². The van der Waals surface area contributed by atoms with E-state index in [9.17, 15) is 13.2 Å². The quantitative estimate of drug-likeness (QED) is 0.844. The Balaban J connectivity index is 2.03. The van der Waals surface area contributed by atoms with Crippen LogP contribution < -0.4 is 10.0 Å². The van der Waals surface area contributed by atoms with Gasteiger partial charge in [-0.25, -0.2) is 13.1 Å². The summed E-state index contributed by atoms with van der Waals surface area (Å²) in [5.74, 6) is -0.239. The third-order valence-corrected chi connectivity index (χ3v) is 5.03. The maximum atomic E-state index is 12.2. The van der Waals surface area contributed by atoms with Crippen LogP contribution in [0.25, 0.3) is 0 Å². The molecule has 0 aliphatic carbocycles. The van der Waals surface area contributed by atoms with Gasteiger partial charge >= 0.3 is 0 Å². The minimum atomic E-state index is -3.54. The Morgan fingerprint density at radius 2 is 1.75 bits per heavy atom. The summed E-state index contributed by atoms with van der Waals surface area (Å²) in [6.07, 6.45) is 0. The number of amides is 1. The van der Waals surface area contributed by atoms with Crippen LogP contribution in [0.15, 0.2) is 53.4 Å². The Kier molecular flexibility index (Phi) is 5.75. The molecular weight excluding hydrogens is 324 g/mol. The molecule has 24 heavy (non-hydrogen) atoms. The second-order valence-corrected chi connectivity index (χ2v) is 7.69. The lowest BCUT2D eigenvalue weighted by Gasteiger charge is -2.10. The highest BCUT2D eigenvalue weighted by atomic mass is 32.2. The van der Waals surface area contributed by atoms with E-state index in [0.717, 1.165) is 11.1 Å². The van der Waals surface area contributed by atoms with Gasteiger partial charge < -0.3 is 5.32 Å². The first-order valence-electron chi connectivity index (χ1n) is 7.74. The first-order chi connectivity index (χ1) is 11.3. The molecule has 2 N–H and O–H groups in total. The molecule has 2 aromatic carbocycles. The summed E-state index contributed by atoms with van der Waals surface area (Å²) in [6.45, 7) is 5.93. The summed E-state index contributed by atoms with van der Waals surface area (Å²) in [4.78, 5) is 12.3. The van der Waals surface area contributed by atoms with Crippen molar-refractivity contribution in [3.8, 4) is 0 Å². The first-order valence-corrected chi connectivity index (χ1v) is 9.22. The molecule has 128 valence electrons. The summed E-state index contributed by atoms with van der Waals surface area (Å²) < 4.78 is 26.6. The minimum Gasteiger partial charge on any atom is -0.348 e. The number of carbonyl (C=O) groups excluding carboxylic acids is 1. The van der Waals surface area contributed by atoms with Crippen LogP contribution in [-0.2, 0) is 16.6 Å². The largest absolute Gasteiger partial charge is 0.348 e. The van der Waals surface area contributed by atoms with Crippen molar-refractivity contribution in [1.29, 1.82) is 0 Å². The molecule has 0 saturated carbocycles. The smallest absolute Gasteiger partial charge is 0.251 e. The van der Waals surface area contributed by atoms with Gasteiger partial charge in [0.15, 0.2) is 0 Å². The van der Waals surface area contributed by atoms with Gasteiger partial charge in [-0.05, 0) is 50.6 Å². The summed E-state index contributed by atoms with van der Waals surface area (Å²) in [5, 5.41) is 2.83. The zero-order valence-corrected chi connectivity index (χ0v) is 14.9. The van der Waals surface area contributed by atoms with Crippen molar-refractivity contribution >= 4 is 15.9 Å². The maximum Gasteiger partial charge on any atom is 0.251 e. The second-order valence-electron chi connectivity index (χ2n) is 5.97. The van der Waals surface area contributed by atoms with Crippen LogP contribution in [0.5, 0.6) is 0 Å².